The average molecular weight is 176 g/mol. The molecule has 0 aromatic rings. The Morgan fingerprint density at radius 1 is 1.64 bits per heavy atom. The minimum atomic E-state index is -3.63. The molecule has 0 rings (SSSR count). The molecule has 0 aromatic carbocycles. The Morgan fingerprint density at radius 3 is 2.36 bits per heavy atom. The van der Waals surface area contributed by atoms with Gasteiger partial charge in [-0.2, -0.15) is 0 Å². The normalized spacial score (nSPS) is 13.2. The van der Waals surface area contributed by atoms with E-state index in [2.05, 4.69) is 6.58 Å². The summed E-state index contributed by atoms with van der Waals surface area (Å²) in [7, 11) is -3.63. The Hall–Kier alpha value is -0.650. The van der Waals surface area contributed by atoms with E-state index in [0.29, 0.717) is 6.54 Å². The summed E-state index contributed by atoms with van der Waals surface area (Å²) in [4.78, 5) is -0.111. The molecule has 0 fully saturated rings. The van der Waals surface area contributed by atoms with Crippen LogP contribution in [0.15, 0.2) is 23.1 Å². The lowest BCUT2D eigenvalue weighted by Crippen LogP contribution is -2.13. The minimum absolute atomic E-state index is 0.111. The van der Waals surface area contributed by atoms with Gasteiger partial charge in [0, 0.05) is 6.54 Å². The summed E-state index contributed by atoms with van der Waals surface area (Å²) < 4.78 is 21.2. The van der Waals surface area contributed by atoms with Crippen LogP contribution in [0, 0.1) is 0 Å². The van der Waals surface area contributed by atoms with Crippen molar-refractivity contribution in [3.8, 4) is 0 Å². The van der Waals surface area contributed by atoms with Gasteiger partial charge in [-0.25, -0.2) is 13.6 Å². The van der Waals surface area contributed by atoms with Crippen LogP contribution in [0.5, 0.6) is 0 Å². The molecule has 0 amide bonds. The van der Waals surface area contributed by atoms with Crippen LogP contribution in [-0.2, 0) is 10.0 Å². The standard InChI is InChI=1S/C6H12N2O2S/c1-5(4-7)3-6(2)11(8,9)10/h3H,2,4,7H2,1H3,(H2,8,9,10)/b5-3-. The lowest BCUT2D eigenvalue weighted by atomic mass is 10.3. The molecule has 0 heterocycles. The van der Waals surface area contributed by atoms with Gasteiger partial charge in [-0.3, -0.25) is 0 Å². The van der Waals surface area contributed by atoms with Crippen molar-refractivity contribution >= 4 is 10.0 Å². The second-order valence-electron chi connectivity index (χ2n) is 2.21. The van der Waals surface area contributed by atoms with Crippen molar-refractivity contribution in [2.75, 3.05) is 6.54 Å². The maximum atomic E-state index is 10.6. The number of hydrogen-bond acceptors (Lipinski definition) is 3. The van der Waals surface area contributed by atoms with Gasteiger partial charge in [0.1, 0.15) is 0 Å². The van der Waals surface area contributed by atoms with E-state index >= 15 is 0 Å². The van der Waals surface area contributed by atoms with E-state index < -0.39 is 10.0 Å². The van der Waals surface area contributed by atoms with Crippen molar-refractivity contribution < 1.29 is 8.42 Å². The highest BCUT2D eigenvalue weighted by molar-refractivity contribution is 7.93. The van der Waals surface area contributed by atoms with Crippen LogP contribution < -0.4 is 10.9 Å². The number of hydrogen-bond donors (Lipinski definition) is 2. The van der Waals surface area contributed by atoms with Crippen LogP contribution in [0.2, 0.25) is 0 Å². The van der Waals surface area contributed by atoms with Crippen LogP contribution in [0.4, 0.5) is 0 Å². The summed E-state index contributed by atoms with van der Waals surface area (Å²) in [5, 5.41) is 4.77. The molecular weight excluding hydrogens is 164 g/mol. The van der Waals surface area contributed by atoms with Crippen molar-refractivity contribution in [3.05, 3.63) is 23.1 Å². The molecule has 0 unspecified atom stereocenters. The van der Waals surface area contributed by atoms with Gasteiger partial charge in [0.15, 0.2) is 0 Å². The first-order valence-electron chi connectivity index (χ1n) is 2.97. The Labute approximate surface area is 66.6 Å². The molecule has 0 aromatic heterocycles. The fourth-order valence-electron chi connectivity index (χ4n) is 0.416. The third-order valence-electron chi connectivity index (χ3n) is 1.09. The van der Waals surface area contributed by atoms with Crippen LogP contribution in [-0.4, -0.2) is 15.0 Å². The molecule has 4 N–H and O–H groups in total. The largest absolute Gasteiger partial charge is 0.327 e. The van der Waals surface area contributed by atoms with E-state index in [1.807, 2.05) is 0 Å². The van der Waals surface area contributed by atoms with E-state index in [0.717, 1.165) is 5.57 Å². The molecule has 4 nitrogen and oxygen atoms in total. The predicted octanol–water partition coefficient (Wildman–Crippen LogP) is -0.306. The van der Waals surface area contributed by atoms with Gasteiger partial charge in [-0.05, 0) is 13.0 Å². The highest BCUT2D eigenvalue weighted by Gasteiger charge is 2.04. The molecule has 5 heteroatoms. The van der Waals surface area contributed by atoms with Crippen LogP contribution in [0.1, 0.15) is 6.92 Å². The number of rotatable bonds is 3. The second kappa shape index (κ2) is 3.66. The Kier molecular flexibility index (Phi) is 3.44. The van der Waals surface area contributed by atoms with Crippen LogP contribution in [0.3, 0.4) is 0 Å². The maximum Gasteiger partial charge on any atom is 0.237 e. The Bertz CT molecular complexity index is 277. The number of sulfonamides is 1. The van der Waals surface area contributed by atoms with Crippen molar-refractivity contribution in [1.82, 2.24) is 0 Å². The zero-order valence-corrected chi connectivity index (χ0v) is 7.19. The van der Waals surface area contributed by atoms with E-state index in [9.17, 15) is 8.42 Å². The van der Waals surface area contributed by atoms with Gasteiger partial charge in [0.25, 0.3) is 0 Å². The van der Waals surface area contributed by atoms with Gasteiger partial charge in [-0.15, -0.1) is 0 Å². The summed E-state index contributed by atoms with van der Waals surface area (Å²) in [6.45, 7) is 5.27. The highest BCUT2D eigenvalue weighted by atomic mass is 32.2. The zero-order valence-electron chi connectivity index (χ0n) is 6.37. The SMILES string of the molecule is C=C(/C=C(/C)CN)S(N)(=O)=O. The van der Waals surface area contributed by atoms with Crippen LogP contribution >= 0.6 is 0 Å². The fraction of sp³-hybridized carbons (Fsp3) is 0.333. The molecule has 0 radical (unpaired) electrons. The van der Waals surface area contributed by atoms with Gasteiger partial charge in [0.2, 0.25) is 10.0 Å². The number of primary sulfonamides is 1. The second-order valence-corrected chi connectivity index (χ2v) is 3.82. The molecule has 0 bridgehead atoms. The van der Waals surface area contributed by atoms with E-state index in [-0.39, 0.29) is 4.91 Å². The van der Waals surface area contributed by atoms with Crippen molar-refractivity contribution in [2.45, 2.75) is 6.92 Å². The molecular formula is C6H12N2O2S. The smallest absolute Gasteiger partial charge is 0.237 e. The molecule has 0 atom stereocenters. The first kappa shape index (κ1) is 10.3. The molecule has 0 aliphatic heterocycles. The first-order chi connectivity index (χ1) is 4.88. The van der Waals surface area contributed by atoms with Crippen LogP contribution in [0.25, 0.3) is 0 Å². The highest BCUT2D eigenvalue weighted by Crippen LogP contribution is 2.02. The topological polar surface area (TPSA) is 86.2 Å². The lowest BCUT2D eigenvalue weighted by Gasteiger charge is -1.97. The summed E-state index contributed by atoms with van der Waals surface area (Å²) in [6, 6.07) is 0. The summed E-state index contributed by atoms with van der Waals surface area (Å²) >= 11 is 0. The Morgan fingerprint density at radius 2 is 2.09 bits per heavy atom. The maximum absolute atomic E-state index is 10.6. The quantitative estimate of drug-likeness (QED) is 0.578. The van der Waals surface area contributed by atoms with Gasteiger partial charge in [-0.1, -0.05) is 12.2 Å². The van der Waals surface area contributed by atoms with E-state index in [4.69, 9.17) is 10.9 Å². The summed E-state index contributed by atoms with van der Waals surface area (Å²) in [5.74, 6) is 0. The predicted molar refractivity (Wildman–Crippen MR) is 45.1 cm³/mol. The van der Waals surface area contributed by atoms with Gasteiger partial charge < -0.3 is 5.73 Å². The van der Waals surface area contributed by atoms with Crippen molar-refractivity contribution in [3.63, 3.8) is 0 Å². The molecule has 0 aliphatic rings. The third-order valence-corrected chi connectivity index (χ3v) is 1.94. The molecule has 0 saturated heterocycles. The molecule has 11 heavy (non-hydrogen) atoms. The first-order valence-corrected chi connectivity index (χ1v) is 4.51. The zero-order chi connectivity index (χ0) is 9.07. The Balaban J connectivity index is 4.57. The van der Waals surface area contributed by atoms with Crippen molar-refractivity contribution in [1.29, 1.82) is 0 Å². The summed E-state index contributed by atoms with van der Waals surface area (Å²) in [6.07, 6.45) is 1.36. The van der Waals surface area contributed by atoms with Gasteiger partial charge >= 0.3 is 0 Å². The number of nitrogens with two attached hydrogens (primary N) is 2. The molecule has 0 aliphatic carbocycles. The molecule has 0 spiro atoms. The molecule has 0 saturated carbocycles. The lowest BCUT2D eigenvalue weighted by molar-refractivity contribution is 0.604. The monoisotopic (exact) mass is 176 g/mol. The van der Waals surface area contributed by atoms with Crippen molar-refractivity contribution in [2.24, 2.45) is 10.9 Å². The van der Waals surface area contributed by atoms with E-state index in [1.165, 1.54) is 6.08 Å². The molecule has 64 valence electrons. The fourth-order valence-corrected chi connectivity index (χ4v) is 0.781. The average Bonchev–Trinajstić information content (AvgIpc) is 1.85. The summed E-state index contributed by atoms with van der Waals surface area (Å²) in [5.41, 5.74) is 5.94. The van der Waals surface area contributed by atoms with Gasteiger partial charge in [0.05, 0.1) is 4.91 Å². The number of allylic oxidation sites excluding steroid dienone is 1. The minimum Gasteiger partial charge on any atom is -0.327 e. The third kappa shape index (κ3) is 3.92. The van der Waals surface area contributed by atoms with E-state index in [1.54, 1.807) is 6.92 Å².